The molecule has 0 saturated heterocycles. The van der Waals surface area contributed by atoms with E-state index in [9.17, 15) is 0 Å². The molecule has 1 aliphatic rings. The Hall–Kier alpha value is -1.09. The fraction of sp³-hybridized carbons (Fsp3) is 0.667. The molecule has 1 aromatic rings. The number of pyridine rings is 1. The Bertz CT molecular complexity index is 518. The predicted molar refractivity (Wildman–Crippen MR) is 112 cm³/mol. The van der Waals surface area contributed by atoms with E-state index < -0.39 is 0 Å². The number of hydrogen-bond donors (Lipinski definition) is 2. The summed E-state index contributed by atoms with van der Waals surface area (Å²) in [6.07, 6.45) is 6.77. The molecule has 2 rings (SSSR count). The number of hydrogen-bond acceptors (Lipinski definition) is 4. The zero-order valence-corrected chi connectivity index (χ0v) is 17.8. The molecule has 1 fully saturated rings. The molecule has 0 radical (unpaired) electrons. The number of halogens is 1. The first-order valence-corrected chi connectivity index (χ1v) is 8.71. The number of ether oxygens (including phenoxy) is 2. The molecule has 0 atom stereocenters. The van der Waals surface area contributed by atoms with Crippen LogP contribution in [-0.4, -0.2) is 44.9 Å². The molecule has 2 N–H and O–H groups in total. The lowest BCUT2D eigenvalue weighted by atomic mass is 9.67. The molecular formula is C18H31IN4O2. The first-order chi connectivity index (χ1) is 11.7. The van der Waals surface area contributed by atoms with E-state index >= 15 is 0 Å². The van der Waals surface area contributed by atoms with Crippen molar-refractivity contribution in [1.29, 1.82) is 0 Å². The summed E-state index contributed by atoms with van der Waals surface area (Å²) in [6.45, 7) is 5.29. The van der Waals surface area contributed by atoms with Gasteiger partial charge in [-0.2, -0.15) is 0 Å². The van der Waals surface area contributed by atoms with Crippen LogP contribution in [-0.2, 0) is 11.3 Å². The summed E-state index contributed by atoms with van der Waals surface area (Å²) in [4.78, 5) is 8.88. The van der Waals surface area contributed by atoms with Gasteiger partial charge in [-0.15, -0.1) is 24.0 Å². The second-order valence-electron chi connectivity index (χ2n) is 6.35. The lowest BCUT2D eigenvalue weighted by molar-refractivity contribution is 0.0732. The molecule has 7 heteroatoms. The largest absolute Gasteiger partial charge is 0.481 e. The van der Waals surface area contributed by atoms with E-state index in [1.165, 1.54) is 19.3 Å². The molecule has 25 heavy (non-hydrogen) atoms. The molecule has 0 bridgehead atoms. The molecule has 0 amide bonds. The molecule has 0 aliphatic heterocycles. The molecule has 1 saturated carbocycles. The Morgan fingerprint density at radius 2 is 2.08 bits per heavy atom. The third kappa shape index (κ3) is 6.97. The van der Waals surface area contributed by atoms with E-state index in [4.69, 9.17) is 9.47 Å². The highest BCUT2D eigenvalue weighted by atomic mass is 127. The third-order valence-electron chi connectivity index (χ3n) is 4.65. The number of nitrogens with zero attached hydrogens (tertiary/aromatic N) is 2. The van der Waals surface area contributed by atoms with E-state index in [2.05, 4.69) is 27.5 Å². The molecule has 1 aliphatic carbocycles. The number of guanidine groups is 1. The maximum absolute atomic E-state index is 5.26. The van der Waals surface area contributed by atoms with Crippen LogP contribution >= 0.6 is 24.0 Å². The number of nitrogens with one attached hydrogen (secondary N) is 2. The first kappa shape index (κ1) is 22.0. The van der Waals surface area contributed by atoms with Gasteiger partial charge in [-0.3, -0.25) is 0 Å². The number of rotatable bonds is 9. The zero-order chi connectivity index (χ0) is 17.3. The second kappa shape index (κ2) is 11.5. The van der Waals surface area contributed by atoms with Crippen LogP contribution in [0.15, 0.2) is 23.3 Å². The van der Waals surface area contributed by atoms with Crippen LogP contribution in [0.3, 0.4) is 0 Å². The van der Waals surface area contributed by atoms with Crippen molar-refractivity contribution in [3.05, 3.63) is 23.9 Å². The quantitative estimate of drug-likeness (QED) is 0.336. The van der Waals surface area contributed by atoms with Crippen LogP contribution in [0.25, 0.3) is 0 Å². The van der Waals surface area contributed by atoms with E-state index in [0.717, 1.165) is 37.6 Å². The normalized spacial score (nSPS) is 15.7. The Morgan fingerprint density at radius 3 is 2.60 bits per heavy atom. The third-order valence-corrected chi connectivity index (χ3v) is 4.65. The smallest absolute Gasteiger partial charge is 0.212 e. The summed E-state index contributed by atoms with van der Waals surface area (Å²) in [6, 6.07) is 3.85. The fourth-order valence-electron chi connectivity index (χ4n) is 2.92. The van der Waals surface area contributed by atoms with Gasteiger partial charge in [0.1, 0.15) is 0 Å². The highest BCUT2D eigenvalue weighted by molar-refractivity contribution is 14.0. The SMILES string of the molecule is CCNC(=NCc1ccc(OC)nc1)NCC1(CCOC)CCC1.I. The van der Waals surface area contributed by atoms with Crippen LogP contribution in [0.1, 0.15) is 38.2 Å². The van der Waals surface area contributed by atoms with Crippen molar-refractivity contribution in [2.45, 2.75) is 39.2 Å². The molecule has 6 nitrogen and oxygen atoms in total. The first-order valence-electron chi connectivity index (χ1n) is 8.71. The van der Waals surface area contributed by atoms with Crippen molar-refractivity contribution in [2.24, 2.45) is 10.4 Å². The zero-order valence-electron chi connectivity index (χ0n) is 15.5. The highest BCUT2D eigenvalue weighted by Crippen LogP contribution is 2.43. The summed E-state index contributed by atoms with van der Waals surface area (Å²) in [5, 5.41) is 6.82. The van der Waals surface area contributed by atoms with E-state index in [1.807, 2.05) is 12.1 Å². The topological polar surface area (TPSA) is 67.8 Å². The Labute approximate surface area is 168 Å². The van der Waals surface area contributed by atoms with Crippen LogP contribution in [0.4, 0.5) is 0 Å². The van der Waals surface area contributed by atoms with Crippen LogP contribution in [0, 0.1) is 5.41 Å². The van der Waals surface area contributed by atoms with E-state index in [1.54, 1.807) is 20.4 Å². The highest BCUT2D eigenvalue weighted by Gasteiger charge is 2.36. The van der Waals surface area contributed by atoms with Gasteiger partial charge in [0, 0.05) is 39.1 Å². The van der Waals surface area contributed by atoms with Gasteiger partial charge in [-0.1, -0.05) is 12.5 Å². The second-order valence-corrected chi connectivity index (χ2v) is 6.35. The van der Waals surface area contributed by atoms with Gasteiger partial charge in [0.15, 0.2) is 5.96 Å². The van der Waals surface area contributed by atoms with Crippen molar-refractivity contribution in [2.75, 3.05) is 33.9 Å². The Balaban J connectivity index is 0.00000312. The molecule has 1 aromatic heterocycles. The van der Waals surface area contributed by atoms with Crippen molar-refractivity contribution in [3.8, 4) is 5.88 Å². The summed E-state index contributed by atoms with van der Waals surface area (Å²) in [5.41, 5.74) is 1.43. The van der Waals surface area contributed by atoms with Crippen LogP contribution in [0.5, 0.6) is 5.88 Å². The summed E-state index contributed by atoms with van der Waals surface area (Å²) in [5.74, 6) is 1.48. The van der Waals surface area contributed by atoms with Gasteiger partial charge in [-0.05, 0) is 37.2 Å². The van der Waals surface area contributed by atoms with Crippen molar-refractivity contribution in [1.82, 2.24) is 15.6 Å². The number of aliphatic imine (C=N–C) groups is 1. The standard InChI is InChI=1S/C18H30N4O2.HI/c1-4-19-17(21-13-15-6-7-16(24-3)20-12-15)22-14-18(8-5-9-18)10-11-23-2;/h6-7,12H,4-5,8-11,13-14H2,1-3H3,(H2,19,21,22);1H. The number of aromatic nitrogens is 1. The molecule has 1 heterocycles. The maximum atomic E-state index is 5.26. The summed E-state index contributed by atoms with van der Waals surface area (Å²) >= 11 is 0. The van der Waals surface area contributed by atoms with E-state index in [0.29, 0.717) is 17.8 Å². The van der Waals surface area contributed by atoms with Crippen LogP contribution in [0.2, 0.25) is 0 Å². The van der Waals surface area contributed by atoms with Gasteiger partial charge in [0.2, 0.25) is 5.88 Å². The fourth-order valence-corrected chi connectivity index (χ4v) is 2.92. The average molecular weight is 462 g/mol. The van der Waals surface area contributed by atoms with E-state index in [-0.39, 0.29) is 24.0 Å². The maximum Gasteiger partial charge on any atom is 0.212 e. The minimum atomic E-state index is 0. The Morgan fingerprint density at radius 1 is 1.28 bits per heavy atom. The predicted octanol–water partition coefficient (Wildman–Crippen LogP) is 2.97. The summed E-state index contributed by atoms with van der Waals surface area (Å²) < 4.78 is 10.3. The average Bonchev–Trinajstić information content (AvgIpc) is 2.58. The number of methoxy groups -OCH3 is 2. The van der Waals surface area contributed by atoms with Gasteiger partial charge in [0.05, 0.1) is 13.7 Å². The van der Waals surface area contributed by atoms with Crippen molar-refractivity contribution >= 4 is 29.9 Å². The molecular weight excluding hydrogens is 431 g/mol. The molecule has 0 aromatic carbocycles. The molecule has 0 spiro atoms. The minimum Gasteiger partial charge on any atom is -0.481 e. The van der Waals surface area contributed by atoms with Gasteiger partial charge >= 0.3 is 0 Å². The minimum absolute atomic E-state index is 0. The summed E-state index contributed by atoms with van der Waals surface area (Å²) in [7, 11) is 3.39. The van der Waals surface area contributed by atoms with Crippen molar-refractivity contribution < 1.29 is 9.47 Å². The van der Waals surface area contributed by atoms with Crippen LogP contribution < -0.4 is 15.4 Å². The monoisotopic (exact) mass is 462 g/mol. The van der Waals surface area contributed by atoms with Crippen molar-refractivity contribution in [3.63, 3.8) is 0 Å². The van der Waals surface area contributed by atoms with Gasteiger partial charge < -0.3 is 20.1 Å². The molecule has 142 valence electrons. The Kier molecular flexibility index (Phi) is 10.1. The lowest BCUT2D eigenvalue weighted by Gasteiger charge is -2.42. The lowest BCUT2D eigenvalue weighted by Crippen LogP contribution is -2.46. The van der Waals surface area contributed by atoms with Gasteiger partial charge in [-0.25, -0.2) is 9.98 Å². The van der Waals surface area contributed by atoms with Gasteiger partial charge in [0.25, 0.3) is 0 Å². The molecule has 0 unspecified atom stereocenters.